The van der Waals surface area contributed by atoms with E-state index in [1.54, 1.807) is 12.1 Å². The molecule has 0 saturated heterocycles. The van der Waals surface area contributed by atoms with Crippen molar-refractivity contribution in [3.63, 3.8) is 0 Å². The fourth-order valence-corrected chi connectivity index (χ4v) is 2.03. The van der Waals surface area contributed by atoms with Crippen LogP contribution in [0.4, 0.5) is 8.78 Å². The highest BCUT2D eigenvalue weighted by Gasteiger charge is 2.12. The Morgan fingerprint density at radius 1 is 1.47 bits per heavy atom. The van der Waals surface area contributed by atoms with E-state index in [-0.39, 0.29) is 18.1 Å². The molecule has 0 heterocycles. The molecule has 0 aromatic heterocycles. The Morgan fingerprint density at radius 2 is 2.18 bits per heavy atom. The third-order valence-electron chi connectivity index (χ3n) is 2.09. The first-order valence-corrected chi connectivity index (χ1v) is 5.91. The summed E-state index contributed by atoms with van der Waals surface area (Å²) in [5, 5.41) is 0. The molecule has 0 bridgehead atoms. The molecular weight excluding hydrogens is 345 g/mol. The van der Waals surface area contributed by atoms with Gasteiger partial charge in [0.2, 0.25) is 0 Å². The van der Waals surface area contributed by atoms with Gasteiger partial charge >= 0.3 is 12.6 Å². The highest BCUT2D eigenvalue weighted by Crippen LogP contribution is 2.26. The van der Waals surface area contributed by atoms with Gasteiger partial charge in [0.25, 0.3) is 0 Å². The van der Waals surface area contributed by atoms with E-state index in [9.17, 15) is 13.6 Å². The number of halogens is 3. The molecule has 0 aliphatic heterocycles. The zero-order chi connectivity index (χ0) is 12.8. The quantitative estimate of drug-likeness (QED) is 0.601. The van der Waals surface area contributed by atoms with Crippen LogP contribution in [0.2, 0.25) is 0 Å². The average Bonchev–Trinajstić information content (AvgIpc) is 2.29. The minimum atomic E-state index is -2.85. The summed E-state index contributed by atoms with van der Waals surface area (Å²) in [6, 6.07) is 4.85. The molecule has 0 unspecified atom stereocenters. The number of hydrogen-bond acceptors (Lipinski definition) is 3. The van der Waals surface area contributed by atoms with Gasteiger partial charge in [-0.3, -0.25) is 4.79 Å². The number of esters is 1. The molecular formula is C11H11F2IO3. The summed E-state index contributed by atoms with van der Waals surface area (Å²) in [6.45, 7) is -2.85. The number of hydrogen-bond donors (Lipinski definition) is 0. The summed E-state index contributed by atoms with van der Waals surface area (Å²) in [6.07, 6.45) is 0.649. The standard InChI is InChI=1S/C11H11F2IO3/c1-16-9(15)6-5-7-3-2-4-8(10(7)14)17-11(12)13/h2-4,11H,5-6H2,1H3. The Labute approximate surface area is 111 Å². The average molecular weight is 356 g/mol. The van der Waals surface area contributed by atoms with Crippen molar-refractivity contribution >= 4 is 28.6 Å². The number of ether oxygens (including phenoxy) is 2. The highest BCUT2D eigenvalue weighted by atomic mass is 127. The molecule has 0 aliphatic carbocycles. The summed E-state index contributed by atoms with van der Waals surface area (Å²) in [5.74, 6) is -0.205. The van der Waals surface area contributed by atoms with Crippen LogP contribution in [-0.2, 0) is 16.0 Å². The summed E-state index contributed by atoms with van der Waals surface area (Å²) < 4.78 is 33.7. The molecule has 1 aromatic carbocycles. The maximum absolute atomic E-state index is 12.1. The third-order valence-corrected chi connectivity index (χ3v) is 3.31. The van der Waals surface area contributed by atoms with Gasteiger partial charge in [0.1, 0.15) is 5.75 Å². The lowest BCUT2D eigenvalue weighted by Crippen LogP contribution is -2.06. The number of rotatable bonds is 5. The van der Waals surface area contributed by atoms with Gasteiger partial charge < -0.3 is 9.47 Å². The van der Waals surface area contributed by atoms with Crippen molar-refractivity contribution in [3.8, 4) is 5.75 Å². The summed E-state index contributed by atoms with van der Waals surface area (Å²) in [4.78, 5) is 11.0. The summed E-state index contributed by atoms with van der Waals surface area (Å²) in [5.41, 5.74) is 0.786. The number of methoxy groups -OCH3 is 1. The van der Waals surface area contributed by atoms with Crippen molar-refractivity contribution in [1.82, 2.24) is 0 Å². The van der Waals surface area contributed by atoms with Crippen LogP contribution in [0.3, 0.4) is 0 Å². The Balaban J connectivity index is 2.76. The Bertz CT molecular complexity index is 396. The minimum absolute atomic E-state index is 0.128. The maximum Gasteiger partial charge on any atom is 0.387 e. The first-order valence-electron chi connectivity index (χ1n) is 4.83. The molecule has 0 saturated carbocycles. The lowest BCUT2D eigenvalue weighted by molar-refractivity contribution is -0.140. The zero-order valence-corrected chi connectivity index (χ0v) is 11.2. The van der Waals surface area contributed by atoms with E-state index in [2.05, 4.69) is 9.47 Å². The molecule has 1 rings (SSSR count). The molecule has 0 radical (unpaired) electrons. The SMILES string of the molecule is COC(=O)CCc1cccc(OC(F)F)c1I. The van der Waals surface area contributed by atoms with E-state index in [0.717, 1.165) is 5.56 Å². The van der Waals surface area contributed by atoms with E-state index in [1.807, 2.05) is 22.6 Å². The topological polar surface area (TPSA) is 35.5 Å². The summed E-state index contributed by atoms with van der Waals surface area (Å²) in [7, 11) is 1.31. The Morgan fingerprint density at radius 3 is 2.76 bits per heavy atom. The molecule has 6 heteroatoms. The fourth-order valence-electron chi connectivity index (χ4n) is 1.28. The molecule has 0 N–H and O–H groups in total. The van der Waals surface area contributed by atoms with Crippen LogP contribution in [0.1, 0.15) is 12.0 Å². The largest absolute Gasteiger partial charge is 0.469 e. The van der Waals surface area contributed by atoms with Crippen LogP contribution in [0.15, 0.2) is 18.2 Å². The van der Waals surface area contributed by atoms with Crippen molar-refractivity contribution in [2.45, 2.75) is 19.5 Å². The van der Waals surface area contributed by atoms with Crippen molar-refractivity contribution in [2.24, 2.45) is 0 Å². The van der Waals surface area contributed by atoms with Gasteiger partial charge in [0.15, 0.2) is 0 Å². The monoisotopic (exact) mass is 356 g/mol. The number of alkyl halides is 2. The van der Waals surface area contributed by atoms with E-state index in [0.29, 0.717) is 9.99 Å². The van der Waals surface area contributed by atoms with Crippen molar-refractivity contribution < 1.29 is 23.0 Å². The van der Waals surface area contributed by atoms with Crippen LogP contribution in [0, 0.1) is 3.57 Å². The second kappa shape index (κ2) is 6.73. The minimum Gasteiger partial charge on any atom is -0.469 e. The molecule has 0 fully saturated rings. The second-order valence-corrected chi connectivity index (χ2v) is 4.26. The summed E-state index contributed by atoms with van der Waals surface area (Å²) >= 11 is 1.92. The molecule has 1 aromatic rings. The molecule has 0 amide bonds. The number of benzene rings is 1. The molecule has 3 nitrogen and oxygen atoms in total. The third kappa shape index (κ3) is 4.45. The van der Waals surface area contributed by atoms with Crippen molar-refractivity contribution in [2.75, 3.05) is 7.11 Å². The lowest BCUT2D eigenvalue weighted by Gasteiger charge is -2.10. The maximum atomic E-state index is 12.1. The van der Waals surface area contributed by atoms with Crippen LogP contribution < -0.4 is 4.74 Å². The van der Waals surface area contributed by atoms with E-state index >= 15 is 0 Å². The normalized spacial score (nSPS) is 10.4. The van der Waals surface area contributed by atoms with Crippen LogP contribution >= 0.6 is 22.6 Å². The molecule has 94 valence electrons. The van der Waals surface area contributed by atoms with Crippen LogP contribution in [-0.4, -0.2) is 19.7 Å². The molecule has 17 heavy (non-hydrogen) atoms. The predicted octanol–water partition coefficient (Wildman–Crippen LogP) is 3.00. The van der Waals surface area contributed by atoms with Crippen molar-refractivity contribution in [1.29, 1.82) is 0 Å². The first kappa shape index (κ1) is 14.1. The molecule has 0 atom stereocenters. The van der Waals surface area contributed by atoms with Crippen LogP contribution in [0.5, 0.6) is 5.75 Å². The molecule has 0 aliphatic rings. The first-order chi connectivity index (χ1) is 8.04. The lowest BCUT2D eigenvalue weighted by atomic mass is 10.1. The van der Waals surface area contributed by atoms with Gasteiger partial charge in [-0.25, -0.2) is 0 Å². The number of aryl methyl sites for hydroxylation is 1. The van der Waals surface area contributed by atoms with E-state index in [1.165, 1.54) is 13.2 Å². The fraction of sp³-hybridized carbons (Fsp3) is 0.364. The van der Waals surface area contributed by atoms with Gasteiger partial charge in [-0.2, -0.15) is 8.78 Å². The van der Waals surface area contributed by atoms with Gasteiger partial charge in [-0.1, -0.05) is 12.1 Å². The highest BCUT2D eigenvalue weighted by molar-refractivity contribution is 14.1. The molecule has 0 spiro atoms. The van der Waals surface area contributed by atoms with Gasteiger partial charge in [-0.05, 0) is 40.6 Å². The Hall–Kier alpha value is -0.920. The number of carbonyl (C=O) groups is 1. The van der Waals surface area contributed by atoms with E-state index < -0.39 is 6.61 Å². The van der Waals surface area contributed by atoms with Crippen LogP contribution in [0.25, 0.3) is 0 Å². The van der Waals surface area contributed by atoms with E-state index in [4.69, 9.17) is 0 Å². The Kier molecular flexibility index (Phi) is 5.60. The van der Waals surface area contributed by atoms with Gasteiger partial charge in [-0.15, -0.1) is 0 Å². The van der Waals surface area contributed by atoms with Gasteiger partial charge in [0.05, 0.1) is 10.7 Å². The smallest absolute Gasteiger partial charge is 0.387 e. The predicted molar refractivity (Wildman–Crippen MR) is 66.1 cm³/mol. The zero-order valence-electron chi connectivity index (χ0n) is 9.08. The van der Waals surface area contributed by atoms with Gasteiger partial charge in [0, 0.05) is 6.42 Å². The number of carbonyl (C=O) groups excluding carboxylic acids is 1. The second-order valence-electron chi connectivity index (χ2n) is 3.18. The van der Waals surface area contributed by atoms with Crippen molar-refractivity contribution in [3.05, 3.63) is 27.3 Å².